The maximum Gasteiger partial charge on any atom is 0.323 e. The molecule has 1 saturated carbocycles. The SMILES string of the molecule is CCCN(CC(=O)O)C(=O)NCC1(CCC)CC1. The van der Waals surface area contributed by atoms with E-state index in [1.165, 1.54) is 17.7 Å². The van der Waals surface area contributed by atoms with Gasteiger partial charge in [-0.1, -0.05) is 20.3 Å². The molecule has 1 rings (SSSR count). The lowest BCUT2D eigenvalue weighted by Gasteiger charge is -2.22. The van der Waals surface area contributed by atoms with E-state index in [1.54, 1.807) is 0 Å². The number of carboxylic acids is 1. The number of aliphatic carboxylic acids is 1. The van der Waals surface area contributed by atoms with Gasteiger partial charge in [0.1, 0.15) is 6.54 Å². The number of carboxylic acid groups (broad SMARTS) is 1. The van der Waals surface area contributed by atoms with Gasteiger partial charge in [-0.25, -0.2) is 4.79 Å². The van der Waals surface area contributed by atoms with Crippen LogP contribution in [0.5, 0.6) is 0 Å². The number of carbonyl (C=O) groups excluding carboxylic acids is 1. The van der Waals surface area contributed by atoms with E-state index in [-0.39, 0.29) is 12.6 Å². The molecule has 0 aromatic carbocycles. The van der Waals surface area contributed by atoms with Gasteiger partial charge in [-0.2, -0.15) is 0 Å². The van der Waals surface area contributed by atoms with E-state index in [2.05, 4.69) is 12.2 Å². The third-order valence-electron chi connectivity index (χ3n) is 3.46. The van der Waals surface area contributed by atoms with Crippen molar-refractivity contribution in [3.05, 3.63) is 0 Å². The number of nitrogens with one attached hydrogen (secondary N) is 1. The normalized spacial score (nSPS) is 16.1. The maximum absolute atomic E-state index is 11.9. The molecule has 0 aliphatic heterocycles. The molecule has 1 aliphatic carbocycles. The van der Waals surface area contributed by atoms with Crippen molar-refractivity contribution in [3.63, 3.8) is 0 Å². The zero-order valence-corrected chi connectivity index (χ0v) is 11.4. The standard InChI is InChI=1S/C13H24N2O3/c1-3-5-13(6-7-13)10-14-12(18)15(8-4-2)9-11(16)17/h3-10H2,1-2H3,(H,14,18)(H,16,17). The van der Waals surface area contributed by atoms with Crippen molar-refractivity contribution in [2.75, 3.05) is 19.6 Å². The van der Waals surface area contributed by atoms with Crippen LogP contribution in [0.4, 0.5) is 4.79 Å². The largest absolute Gasteiger partial charge is 0.480 e. The van der Waals surface area contributed by atoms with Crippen LogP contribution in [0.2, 0.25) is 0 Å². The summed E-state index contributed by atoms with van der Waals surface area (Å²) in [4.78, 5) is 23.9. The predicted octanol–water partition coefficient (Wildman–Crippen LogP) is 2.07. The van der Waals surface area contributed by atoms with Gasteiger partial charge in [0.2, 0.25) is 0 Å². The average Bonchev–Trinajstić information content (AvgIpc) is 3.06. The van der Waals surface area contributed by atoms with E-state index in [0.717, 1.165) is 19.3 Å². The zero-order chi connectivity index (χ0) is 13.6. The number of nitrogens with zero attached hydrogens (tertiary/aromatic N) is 1. The van der Waals surface area contributed by atoms with Crippen LogP contribution in [0.25, 0.3) is 0 Å². The Kier molecular flexibility index (Phi) is 5.44. The van der Waals surface area contributed by atoms with E-state index >= 15 is 0 Å². The Morgan fingerprint density at radius 2 is 1.94 bits per heavy atom. The molecule has 5 nitrogen and oxygen atoms in total. The van der Waals surface area contributed by atoms with Gasteiger partial charge >= 0.3 is 12.0 Å². The second-order valence-corrected chi connectivity index (χ2v) is 5.22. The van der Waals surface area contributed by atoms with Crippen LogP contribution in [0, 0.1) is 5.41 Å². The van der Waals surface area contributed by atoms with E-state index < -0.39 is 5.97 Å². The van der Waals surface area contributed by atoms with E-state index in [0.29, 0.717) is 18.5 Å². The van der Waals surface area contributed by atoms with Crippen LogP contribution in [0.1, 0.15) is 46.0 Å². The van der Waals surface area contributed by atoms with Gasteiger partial charge < -0.3 is 15.3 Å². The molecule has 18 heavy (non-hydrogen) atoms. The second-order valence-electron chi connectivity index (χ2n) is 5.22. The summed E-state index contributed by atoms with van der Waals surface area (Å²) < 4.78 is 0. The minimum atomic E-state index is -0.965. The minimum Gasteiger partial charge on any atom is -0.480 e. The molecule has 0 aromatic heterocycles. The third kappa shape index (κ3) is 4.55. The van der Waals surface area contributed by atoms with Crippen LogP contribution in [0.15, 0.2) is 0 Å². The van der Waals surface area contributed by atoms with Gasteiger partial charge in [0.15, 0.2) is 0 Å². The van der Waals surface area contributed by atoms with Crippen molar-refractivity contribution in [2.45, 2.75) is 46.0 Å². The molecule has 1 aliphatic rings. The fourth-order valence-electron chi connectivity index (χ4n) is 2.28. The summed E-state index contributed by atoms with van der Waals surface area (Å²) in [5.41, 5.74) is 0.297. The Balaban J connectivity index is 2.39. The van der Waals surface area contributed by atoms with Crippen molar-refractivity contribution in [1.29, 1.82) is 0 Å². The highest BCUT2D eigenvalue weighted by Gasteiger charge is 2.41. The molecule has 0 heterocycles. The van der Waals surface area contributed by atoms with Crippen LogP contribution in [-0.2, 0) is 4.79 Å². The Labute approximate surface area is 109 Å². The summed E-state index contributed by atoms with van der Waals surface area (Å²) in [5.74, 6) is -0.965. The summed E-state index contributed by atoms with van der Waals surface area (Å²) >= 11 is 0. The van der Waals surface area contributed by atoms with E-state index in [9.17, 15) is 9.59 Å². The van der Waals surface area contributed by atoms with Gasteiger partial charge in [-0.05, 0) is 31.1 Å². The van der Waals surface area contributed by atoms with Gasteiger partial charge in [-0.3, -0.25) is 4.79 Å². The van der Waals surface area contributed by atoms with Crippen LogP contribution in [0.3, 0.4) is 0 Å². The quantitative estimate of drug-likeness (QED) is 0.698. The summed E-state index contributed by atoms with van der Waals surface area (Å²) in [6.07, 6.45) is 5.38. The molecular weight excluding hydrogens is 232 g/mol. The molecule has 1 fully saturated rings. The van der Waals surface area contributed by atoms with Crippen LogP contribution < -0.4 is 5.32 Å². The lowest BCUT2D eigenvalue weighted by atomic mass is 10.0. The molecular formula is C13H24N2O3. The highest BCUT2D eigenvalue weighted by Crippen LogP contribution is 2.48. The van der Waals surface area contributed by atoms with Gasteiger partial charge in [-0.15, -0.1) is 0 Å². The topological polar surface area (TPSA) is 69.6 Å². The number of hydrogen-bond donors (Lipinski definition) is 2. The Hall–Kier alpha value is -1.26. The van der Waals surface area contributed by atoms with Crippen LogP contribution in [-0.4, -0.2) is 41.6 Å². The molecule has 104 valence electrons. The first kappa shape index (κ1) is 14.8. The molecule has 0 bridgehead atoms. The third-order valence-corrected chi connectivity index (χ3v) is 3.46. The fourth-order valence-corrected chi connectivity index (χ4v) is 2.28. The summed E-state index contributed by atoms with van der Waals surface area (Å²) in [6.45, 7) is 5.02. The number of carbonyl (C=O) groups is 2. The fraction of sp³-hybridized carbons (Fsp3) is 0.846. The lowest BCUT2D eigenvalue weighted by molar-refractivity contribution is -0.137. The molecule has 0 atom stereocenters. The van der Waals surface area contributed by atoms with Crippen molar-refractivity contribution < 1.29 is 14.7 Å². The molecule has 0 spiro atoms. The molecule has 0 unspecified atom stereocenters. The number of rotatable bonds is 8. The molecule has 0 radical (unpaired) electrons. The Morgan fingerprint density at radius 1 is 1.28 bits per heavy atom. The highest BCUT2D eigenvalue weighted by atomic mass is 16.4. The number of hydrogen-bond acceptors (Lipinski definition) is 2. The summed E-state index contributed by atoms with van der Waals surface area (Å²) in [7, 11) is 0. The van der Waals surface area contributed by atoms with Crippen molar-refractivity contribution in [1.82, 2.24) is 10.2 Å². The van der Waals surface area contributed by atoms with Crippen LogP contribution >= 0.6 is 0 Å². The monoisotopic (exact) mass is 256 g/mol. The van der Waals surface area contributed by atoms with Crippen molar-refractivity contribution >= 4 is 12.0 Å². The van der Waals surface area contributed by atoms with E-state index in [4.69, 9.17) is 5.11 Å². The van der Waals surface area contributed by atoms with E-state index in [1.807, 2.05) is 6.92 Å². The molecule has 2 N–H and O–H groups in total. The highest BCUT2D eigenvalue weighted by molar-refractivity contribution is 5.80. The summed E-state index contributed by atoms with van der Waals surface area (Å²) in [6, 6.07) is -0.248. The average molecular weight is 256 g/mol. The molecule has 5 heteroatoms. The smallest absolute Gasteiger partial charge is 0.323 e. The minimum absolute atomic E-state index is 0.222. The van der Waals surface area contributed by atoms with Crippen molar-refractivity contribution in [3.8, 4) is 0 Å². The maximum atomic E-state index is 11.9. The first-order chi connectivity index (χ1) is 8.53. The second kappa shape index (κ2) is 6.61. The zero-order valence-electron chi connectivity index (χ0n) is 11.4. The lowest BCUT2D eigenvalue weighted by Crippen LogP contribution is -2.44. The van der Waals surface area contributed by atoms with Gasteiger partial charge in [0.25, 0.3) is 0 Å². The first-order valence-corrected chi connectivity index (χ1v) is 6.77. The molecule has 0 saturated heterocycles. The predicted molar refractivity (Wildman–Crippen MR) is 69.5 cm³/mol. The van der Waals surface area contributed by atoms with Gasteiger partial charge in [0, 0.05) is 13.1 Å². The first-order valence-electron chi connectivity index (χ1n) is 6.77. The summed E-state index contributed by atoms with van der Waals surface area (Å²) in [5, 5.41) is 11.6. The molecule has 0 aromatic rings. The molecule has 2 amide bonds. The number of amides is 2. The van der Waals surface area contributed by atoms with Crippen molar-refractivity contribution in [2.24, 2.45) is 5.41 Å². The van der Waals surface area contributed by atoms with Gasteiger partial charge in [0.05, 0.1) is 0 Å². The Bertz CT molecular complexity index is 301. The number of urea groups is 1. The Morgan fingerprint density at radius 3 is 2.39 bits per heavy atom.